The molecule has 1 aromatic carbocycles. The number of amides is 1. The van der Waals surface area contributed by atoms with Gasteiger partial charge in [-0.1, -0.05) is 27.5 Å². The van der Waals surface area contributed by atoms with Gasteiger partial charge in [0.15, 0.2) is 0 Å². The van der Waals surface area contributed by atoms with Gasteiger partial charge in [-0.3, -0.25) is 4.79 Å². The minimum Gasteiger partial charge on any atom is -0.312 e. The third kappa shape index (κ3) is 1.93. The van der Waals surface area contributed by atoms with Crippen LogP contribution in [0.3, 0.4) is 0 Å². The molecule has 0 saturated carbocycles. The zero-order chi connectivity index (χ0) is 10.1. The number of nitrogens with zero attached hydrogens (tertiary/aromatic N) is 1. The van der Waals surface area contributed by atoms with Crippen LogP contribution in [0.15, 0.2) is 22.7 Å². The van der Waals surface area contributed by atoms with Crippen LogP contribution in [0.2, 0.25) is 5.02 Å². The molecule has 4 heteroatoms. The molecular formula is C10H9BrClNO. The second kappa shape index (κ2) is 3.91. The zero-order valence-corrected chi connectivity index (χ0v) is 9.81. The highest BCUT2D eigenvalue weighted by molar-refractivity contribution is 9.10. The van der Waals surface area contributed by atoms with E-state index in [9.17, 15) is 4.79 Å². The molecular weight excluding hydrogens is 265 g/mol. The number of benzene rings is 1. The normalized spacial score (nSPS) is 16.4. The first-order valence-corrected chi connectivity index (χ1v) is 5.60. The Hall–Kier alpha value is -0.540. The van der Waals surface area contributed by atoms with E-state index in [4.69, 9.17) is 11.6 Å². The monoisotopic (exact) mass is 273 g/mol. The van der Waals surface area contributed by atoms with E-state index in [1.165, 1.54) is 0 Å². The molecule has 14 heavy (non-hydrogen) atoms. The Bertz CT molecular complexity index is 360. The summed E-state index contributed by atoms with van der Waals surface area (Å²) in [6, 6.07) is 5.54. The number of carbonyl (C=O) groups excluding carboxylic acids is 1. The summed E-state index contributed by atoms with van der Waals surface area (Å²) < 4.78 is 0.903. The van der Waals surface area contributed by atoms with Crippen molar-refractivity contribution >= 4 is 39.1 Å². The van der Waals surface area contributed by atoms with Crippen molar-refractivity contribution < 1.29 is 4.79 Å². The van der Waals surface area contributed by atoms with Crippen molar-refractivity contribution in [2.75, 3.05) is 11.4 Å². The van der Waals surface area contributed by atoms with Crippen LogP contribution in [0, 0.1) is 0 Å². The van der Waals surface area contributed by atoms with Crippen LogP contribution in [-0.2, 0) is 4.79 Å². The number of hydrogen-bond acceptors (Lipinski definition) is 1. The minimum atomic E-state index is 0.180. The van der Waals surface area contributed by atoms with Gasteiger partial charge < -0.3 is 4.90 Å². The molecule has 0 spiro atoms. The van der Waals surface area contributed by atoms with Gasteiger partial charge in [0.2, 0.25) is 5.91 Å². The summed E-state index contributed by atoms with van der Waals surface area (Å²) in [6.45, 7) is 0.797. The van der Waals surface area contributed by atoms with Crippen LogP contribution in [0.5, 0.6) is 0 Å². The topological polar surface area (TPSA) is 20.3 Å². The van der Waals surface area contributed by atoms with Gasteiger partial charge in [-0.25, -0.2) is 0 Å². The van der Waals surface area contributed by atoms with E-state index in [0.717, 1.165) is 23.1 Å². The molecule has 0 aliphatic carbocycles. The van der Waals surface area contributed by atoms with Gasteiger partial charge in [-0.2, -0.15) is 0 Å². The molecule has 2 rings (SSSR count). The van der Waals surface area contributed by atoms with Crippen LogP contribution in [0.1, 0.15) is 12.8 Å². The van der Waals surface area contributed by atoms with Gasteiger partial charge in [0.05, 0.1) is 0 Å². The molecule has 2 nitrogen and oxygen atoms in total. The molecule has 1 aromatic rings. The van der Waals surface area contributed by atoms with Crippen LogP contribution < -0.4 is 4.90 Å². The van der Waals surface area contributed by atoms with E-state index >= 15 is 0 Å². The molecule has 1 fully saturated rings. The predicted molar refractivity (Wildman–Crippen MR) is 60.7 cm³/mol. The van der Waals surface area contributed by atoms with Gasteiger partial charge in [0, 0.05) is 28.1 Å². The number of halogens is 2. The minimum absolute atomic E-state index is 0.180. The summed E-state index contributed by atoms with van der Waals surface area (Å²) in [7, 11) is 0. The van der Waals surface area contributed by atoms with Gasteiger partial charge in [-0.05, 0) is 24.6 Å². The Morgan fingerprint density at radius 3 is 2.71 bits per heavy atom. The maximum absolute atomic E-state index is 11.5. The van der Waals surface area contributed by atoms with Crippen LogP contribution in [0.4, 0.5) is 5.69 Å². The Labute approximate surface area is 96.0 Å². The van der Waals surface area contributed by atoms with Crippen molar-refractivity contribution in [3.63, 3.8) is 0 Å². The van der Waals surface area contributed by atoms with Gasteiger partial charge >= 0.3 is 0 Å². The molecule has 74 valence electrons. The maximum atomic E-state index is 11.5. The molecule has 0 aromatic heterocycles. The fourth-order valence-corrected chi connectivity index (χ4v) is 2.46. The Morgan fingerprint density at radius 1 is 1.36 bits per heavy atom. The first-order valence-electron chi connectivity index (χ1n) is 4.43. The first kappa shape index (κ1) is 9.99. The molecule has 1 saturated heterocycles. The van der Waals surface area contributed by atoms with Crippen molar-refractivity contribution in [3.05, 3.63) is 27.7 Å². The van der Waals surface area contributed by atoms with E-state index in [0.29, 0.717) is 11.4 Å². The quantitative estimate of drug-likeness (QED) is 0.770. The lowest BCUT2D eigenvalue weighted by molar-refractivity contribution is -0.117. The Morgan fingerprint density at radius 2 is 2.14 bits per heavy atom. The van der Waals surface area contributed by atoms with Crippen molar-refractivity contribution in [1.29, 1.82) is 0 Å². The molecule has 0 bridgehead atoms. The molecule has 1 amide bonds. The standard InChI is InChI=1S/C10H9BrClNO/c11-7-4-8(12)6-9(5-7)13-3-1-2-10(13)14/h4-6H,1-3H2. The number of carbonyl (C=O) groups is 1. The van der Waals surface area contributed by atoms with E-state index in [1.807, 2.05) is 18.2 Å². The van der Waals surface area contributed by atoms with E-state index in [2.05, 4.69) is 15.9 Å². The van der Waals surface area contributed by atoms with Crippen molar-refractivity contribution in [2.24, 2.45) is 0 Å². The van der Waals surface area contributed by atoms with Gasteiger partial charge in [0.1, 0.15) is 0 Å². The zero-order valence-electron chi connectivity index (χ0n) is 7.46. The molecule has 1 heterocycles. The van der Waals surface area contributed by atoms with Crippen molar-refractivity contribution in [2.45, 2.75) is 12.8 Å². The highest BCUT2D eigenvalue weighted by Crippen LogP contribution is 2.28. The first-order chi connectivity index (χ1) is 6.66. The predicted octanol–water partition coefficient (Wildman–Crippen LogP) is 3.23. The lowest BCUT2D eigenvalue weighted by Crippen LogP contribution is -2.23. The molecule has 1 aliphatic heterocycles. The molecule has 0 N–H and O–H groups in total. The third-order valence-corrected chi connectivity index (χ3v) is 2.91. The lowest BCUT2D eigenvalue weighted by Gasteiger charge is -2.16. The molecule has 1 aliphatic rings. The summed E-state index contributed by atoms with van der Waals surface area (Å²) >= 11 is 9.27. The highest BCUT2D eigenvalue weighted by atomic mass is 79.9. The van der Waals surface area contributed by atoms with Crippen LogP contribution in [0.25, 0.3) is 0 Å². The summed E-state index contributed by atoms with van der Waals surface area (Å²) in [5, 5.41) is 0.647. The largest absolute Gasteiger partial charge is 0.312 e. The fourth-order valence-electron chi connectivity index (χ4n) is 1.62. The molecule has 0 unspecified atom stereocenters. The Kier molecular flexibility index (Phi) is 2.79. The average molecular weight is 275 g/mol. The summed E-state index contributed by atoms with van der Waals surface area (Å²) in [5.74, 6) is 0.180. The number of hydrogen-bond donors (Lipinski definition) is 0. The maximum Gasteiger partial charge on any atom is 0.227 e. The van der Waals surface area contributed by atoms with E-state index in [-0.39, 0.29) is 5.91 Å². The van der Waals surface area contributed by atoms with E-state index < -0.39 is 0 Å². The van der Waals surface area contributed by atoms with Crippen LogP contribution in [-0.4, -0.2) is 12.5 Å². The number of anilines is 1. The Balaban J connectivity index is 2.35. The van der Waals surface area contributed by atoms with Crippen LogP contribution >= 0.6 is 27.5 Å². The van der Waals surface area contributed by atoms with Gasteiger partial charge in [0.25, 0.3) is 0 Å². The second-order valence-corrected chi connectivity index (χ2v) is 4.63. The molecule has 0 radical (unpaired) electrons. The fraction of sp³-hybridized carbons (Fsp3) is 0.300. The summed E-state index contributed by atoms with van der Waals surface area (Å²) in [5.41, 5.74) is 0.881. The van der Waals surface area contributed by atoms with Crippen molar-refractivity contribution in [1.82, 2.24) is 0 Å². The van der Waals surface area contributed by atoms with Crippen molar-refractivity contribution in [3.8, 4) is 0 Å². The smallest absolute Gasteiger partial charge is 0.227 e. The third-order valence-electron chi connectivity index (χ3n) is 2.23. The number of rotatable bonds is 1. The second-order valence-electron chi connectivity index (χ2n) is 3.28. The summed E-state index contributed by atoms with van der Waals surface area (Å²) in [4.78, 5) is 13.2. The SMILES string of the molecule is O=C1CCCN1c1cc(Cl)cc(Br)c1. The lowest BCUT2D eigenvalue weighted by atomic mass is 10.3. The summed E-state index contributed by atoms with van der Waals surface area (Å²) in [6.07, 6.45) is 1.58. The highest BCUT2D eigenvalue weighted by Gasteiger charge is 2.21. The van der Waals surface area contributed by atoms with Gasteiger partial charge in [-0.15, -0.1) is 0 Å². The average Bonchev–Trinajstić information content (AvgIpc) is 2.49. The van der Waals surface area contributed by atoms with E-state index in [1.54, 1.807) is 4.90 Å². The molecule has 0 atom stereocenters.